The van der Waals surface area contributed by atoms with E-state index in [0.29, 0.717) is 31.6 Å². The van der Waals surface area contributed by atoms with Crippen molar-refractivity contribution in [3.63, 3.8) is 0 Å². The van der Waals surface area contributed by atoms with Crippen molar-refractivity contribution in [3.05, 3.63) is 90.5 Å². The SMILES string of the molecule is O=C(c1ccccc1Nc1ccccc1)N1CCC[C@@]2(CC1)CN(c1ccccc1)C(=O)CO2. The molecule has 5 rings (SSSR count). The molecular formula is C28H29N3O3. The van der Waals surface area contributed by atoms with Crippen molar-refractivity contribution in [2.45, 2.75) is 24.9 Å². The fourth-order valence-electron chi connectivity index (χ4n) is 4.86. The van der Waals surface area contributed by atoms with Gasteiger partial charge in [-0.1, -0.05) is 48.5 Å². The lowest BCUT2D eigenvalue weighted by Crippen LogP contribution is -2.55. The summed E-state index contributed by atoms with van der Waals surface area (Å²) in [5.41, 5.74) is 2.87. The van der Waals surface area contributed by atoms with Crippen LogP contribution in [0.15, 0.2) is 84.9 Å². The molecule has 0 radical (unpaired) electrons. The Morgan fingerprint density at radius 1 is 0.853 bits per heavy atom. The summed E-state index contributed by atoms with van der Waals surface area (Å²) >= 11 is 0. The Morgan fingerprint density at radius 3 is 2.35 bits per heavy atom. The third-order valence-electron chi connectivity index (χ3n) is 6.71. The highest BCUT2D eigenvalue weighted by molar-refractivity contribution is 6.00. The number of carbonyl (C=O) groups excluding carboxylic acids is 2. The van der Waals surface area contributed by atoms with Crippen LogP contribution in [-0.2, 0) is 9.53 Å². The highest BCUT2D eigenvalue weighted by Gasteiger charge is 2.42. The maximum absolute atomic E-state index is 13.6. The molecule has 6 heteroatoms. The van der Waals surface area contributed by atoms with Crippen LogP contribution in [0.3, 0.4) is 0 Å². The fourth-order valence-corrected chi connectivity index (χ4v) is 4.86. The van der Waals surface area contributed by atoms with Gasteiger partial charge in [0, 0.05) is 24.5 Å². The van der Waals surface area contributed by atoms with Crippen LogP contribution in [0.4, 0.5) is 17.1 Å². The third-order valence-corrected chi connectivity index (χ3v) is 6.71. The van der Waals surface area contributed by atoms with Gasteiger partial charge in [0.2, 0.25) is 0 Å². The van der Waals surface area contributed by atoms with Gasteiger partial charge >= 0.3 is 0 Å². The maximum Gasteiger partial charge on any atom is 0.255 e. The Balaban J connectivity index is 1.31. The summed E-state index contributed by atoms with van der Waals surface area (Å²) in [6.45, 7) is 1.86. The van der Waals surface area contributed by atoms with Crippen LogP contribution in [0.5, 0.6) is 0 Å². The smallest absolute Gasteiger partial charge is 0.255 e. The average Bonchev–Trinajstić information content (AvgIpc) is 3.09. The highest BCUT2D eigenvalue weighted by Crippen LogP contribution is 2.33. The fraction of sp³-hybridized carbons (Fsp3) is 0.286. The number of anilines is 3. The van der Waals surface area contributed by atoms with Crippen LogP contribution < -0.4 is 10.2 Å². The lowest BCUT2D eigenvalue weighted by Gasteiger charge is -2.42. The van der Waals surface area contributed by atoms with Gasteiger partial charge in [-0.3, -0.25) is 9.59 Å². The monoisotopic (exact) mass is 455 g/mol. The predicted molar refractivity (Wildman–Crippen MR) is 133 cm³/mol. The van der Waals surface area contributed by atoms with Gasteiger partial charge in [-0.2, -0.15) is 0 Å². The second-order valence-corrected chi connectivity index (χ2v) is 8.97. The molecule has 2 saturated heterocycles. The van der Waals surface area contributed by atoms with Crippen molar-refractivity contribution in [3.8, 4) is 0 Å². The molecule has 2 fully saturated rings. The summed E-state index contributed by atoms with van der Waals surface area (Å²) < 4.78 is 6.15. The zero-order valence-electron chi connectivity index (χ0n) is 19.2. The highest BCUT2D eigenvalue weighted by atomic mass is 16.5. The number of ether oxygens (including phenoxy) is 1. The van der Waals surface area contributed by atoms with Crippen molar-refractivity contribution >= 4 is 28.9 Å². The first-order valence-corrected chi connectivity index (χ1v) is 11.8. The van der Waals surface area contributed by atoms with Crippen molar-refractivity contribution in [2.24, 2.45) is 0 Å². The molecule has 1 N–H and O–H groups in total. The number of hydrogen-bond acceptors (Lipinski definition) is 4. The molecule has 34 heavy (non-hydrogen) atoms. The number of carbonyl (C=O) groups is 2. The molecule has 0 saturated carbocycles. The zero-order valence-corrected chi connectivity index (χ0v) is 19.2. The van der Waals surface area contributed by atoms with Gasteiger partial charge < -0.3 is 19.9 Å². The Hall–Kier alpha value is -3.64. The zero-order chi connectivity index (χ0) is 23.4. The summed E-state index contributed by atoms with van der Waals surface area (Å²) in [5, 5.41) is 3.38. The van der Waals surface area contributed by atoms with Crippen LogP contribution in [0.25, 0.3) is 0 Å². The van der Waals surface area contributed by atoms with Gasteiger partial charge in [0.15, 0.2) is 0 Å². The quantitative estimate of drug-likeness (QED) is 0.610. The molecule has 2 amide bonds. The number of hydrogen-bond donors (Lipinski definition) is 1. The summed E-state index contributed by atoms with van der Waals surface area (Å²) in [7, 11) is 0. The van der Waals surface area contributed by atoms with Gasteiger partial charge in [0.25, 0.3) is 11.8 Å². The average molecular weight is 456 g/mol. The number of nitrogens with one attached hydrogen (secondary N) is 1. The van der Waals surface area contributed by atoms with E-state index in [0.717, 1.165) is 29.9 Å². The molecule has 6 nitrogen and oxygen atoms in total. The van der Waals surface area contributed by atoms with E-state index in [1.54, 1.807) is 0 Å². The first kappa shape index (κ1) is 22.2. The van der Waals surface area contributed by atoms with Crippen LogP contribution >= 0.6 is 0 Å². The van der Waals surface area contributed by atoms with Crippen LogP contribution in [-0.4, -0.2) is 48.6 Å². The van der Waals surface area contributed by atoms with E-state index in [9.17, 15) is 9.59 Å². The molecule has 174 valence electrons. The number of benzene rings is 3. The number of amides is 2. The Bertz CT molecular complexity index is 1150. The molecule has 0 aliphatic carbocycles. The summed E-state index contributed by atoms with van der Waals surface area (Å²) in [4.78, 5) is 29.9. The minimum absolute atomic E-state index is 0.0166. The number of morpholine rings is 1. The lowest BCUT2D eigenvalue weighted by molar-refractivity contribution is -0.140. The Labute approximate surface area is 200 Å². The van der Waals surface area contributed by atoms with E-state index in [-0.39, 0.29) is 18.4 Å². The van der Waals surface area contributed by atoms with Crippen molar-refractivity contribution in [1.82, 2.24) is 4.90 Å². The van der Waals surface area contributed by atoms with E-state index in [2.05, 4.69) is 5.32 Å². The third kappa shape index (κ3) is 4.68. The van der Waals surface area contributed by atoms with E-state index in [1.807, 2.05) is 94.7 Å². The van der Waals surface area contributed by atoms with Gasteiger partial charge in [-0.05, 0) is 55.7 Å². The van der Waals surface area contributed by atoms with Crippen LogP contribution in [0, 0.1) is 0 Å². The second kappa shape index (κ2) is 9.69. The lowest BCUT2D eigenvalue weighted by atomic mass is 9.92. The summed E-state index contributed by atoms with van der Waals surface area (Å²) in [6.07, 6.45) is 2.35. The molecule has 0 bridgehead atoms. The van der Waals surface area contributed by atoms with Crippen molar-refractivity contribution in [2.75, 3.05) is 36.5 Å². The van der Waals surface area contributed by atoms with Crippen molar-refractivity contribution in [1.29, 1.82) is 0 Å². The number of para-hydroxylation sites is 3. The van der Waals surface area contributed by atoms with E-state index in [4.69, 9.17) is 4.74 Å². The molecule has 3 aromatic carbocycles. The van der Waals surface area contributed by atoms with Gasteiger partial charge in [0.1, 0.15) is 6.61 Å². The van der Waals surface area contributed by atoms with Crippen LogP contribution in [0.2, 0.25) is 0 Å². The standard InChI is InChI=1S/C28H29N3O3/c32-26-20-34-28(21-31(26)23-12-5-2-6-13-23)16-9-18-30(19-17-28)27(33)24-14-7-8-15-25(24)29-22-10-3-1-4-11-22/h1-8,10-15,29H,9,16-21H2/t28-/m1/s1. The second-order valence-electron chi connectivity index (χ2n) is 8.97. The summed E-state index contributed by atoms with van der Waals surface area (Å²) in [6, 6.07) is 27.3. The number of nitrogens with zero attached hydrogens (tertiary/aromatic N) is 2. The molecule has 1 atom stereocenters. The van der Waals surface area contributed by atoms with Gasteiger partial charge in [-0.25, -0.2) is 0 Å². The largest absolute Gasteiger partial charge is 0.363 e. The van der Waals surface area contributed by atoms with E-state index in [1.165, 1.54) is 0 Å². The van der Waals surface area contributed by atoms with Crippen LogP contribution in [0.1, 0.15) is 29.6 Å². The maximum atomic E-state index is 13.6. The van der Waals surface area contributed by atoms with Crippen molar-refractivity contribution < 1.29 is 14.3 Å². The molecule has 1 spiro atoms. The topological polar surface area (TPSA) is 61.9 Å². The Morgan fingerprint density at radius 2 is 1.56 bits per heavy atom. The number of likely N-dealkylation sites (tertiary alicyclic amines) is 1. The molecular weight excluding hydrogens is 426 g/mol. The first-order chi connectivity index (χ1) is 16.6. The Kier molecular flexibility index (Phi) is 6.32. The van der Waals surface area contributed by atoms with E-state index >= 15 is 0 Å². The molecule has 2 aliphatic heterocycles. The van der Waals surface area contributed by atoms with Gasteiger partial charge in [-0.15, -0.1) is 0 Å². The normalized spacial score (nSPS) is 20.8. The molecule has 0 aromatic heterocycles. The first-order valence-electron chi connectivity index (χ1n) is 11.8. The minimum Gasteiger partial charge on any atom is -0.363 e. The predicted octanol–water partition coefficient (Wildman–Crippen LogP) is 4.86. The van der Waals surface area contributed by atoms with E-state index < -0.39 is 5.60 Å². The molecule has 3 aromatic rings. The molecule has 2 aliphatic rings. The molecule has 2 heterocycles. The van der Waals surface area contributed by atoms with Gasteiger partial charge in [0.05, 0.1) is 23.4 Å². The molecule has 0 unspecified atom stereocenters. The number of rotatable bonds is 4. The summed E-state index contributed by atoms with van der Waals surface area (Å²) in [5.74, 6) is -0.00204. The minimum atomic E-state index is -0.430.